The lowest BCUT2D eigenvalue weighted by atomic mass is 10.1. The maximum atomic E-state index is 13.5. The van der Waals surface area contributed by atoms with Gasteiger partial charge < -0.3 is 13.3 Å². The Morgan fingerprint density at radius 2 is 1.42 bits per heavy atom. The number of hydrogen-bond acceptors (Lipinski definition) is 3. The van der Waals surface area contributed by atoms with Crippen molar-refractivity contribution in [1.29, 1.82) is 0 Å². The zero-order valence-corrected chi connectivity index (χ0v) is 15.7. The lowest BCUT2D eigenvalue weighted by Gasteiger charge is -2.27. The molecule has 0 bridgehead atoms. The van der Waals surface area contributed by atoms with Gasteiger partial charge in [0.2, 0.25) is 0 Å². The van der Waals surface area contributed by atoms with Crippen LogP contribution in [0.3, 0.4) is 0 Å². The molecule has 0 spiro atoms. The van der Waals surface area contributed by atoms with Crippen molar-refractivity contribution in [2.75, 3.05) is 20.3 Å². The molecule has 0 saturated heterocycles. The molecule has 0 N–H and O–H groups in total. The Labute approximate surface area is 143 Å². The van der Waals surface area contributed by atoms with Gasteiger partial charge >= 0.3 is 8.80 Å². The molecule has 0 aliphatic rings. The van der Waals surface area contributed by atoms with E-state index in [-0.39, 0.29) is 5.56 Å². The standard InChI is InChI=1S/C17H27F3O3Si/c1-4-22-24(21-3,23-5-2)11-9-7-6-8-10-14-12-16(19)17(20)13-15(14)18/h12-13H,4-11H2,1-3H3. The number of halogens is 3. The summed E-state index contributed by atoms with van der Waals surface area (Å²) in [5.74, 6) is -2.84. The number of aryl methyl sites for hydroxylation is 1. The molecule has 1 rings (SSSR count). The third-order valence-corrected chi connectivity index (χ3v) is 6.85. The van der Waals surface area contributed by atoms with Crippen molar-refractivity contribution in [2.24, 2.45) is 0 Å². The molecule has 0 saturated carbocycles. The average Bonchev–Trinajstić information content (AvgIpc) is 2.55. The molecule has 7 heteroatoms. The van der Waals surface area contributed by atoms with E-state index in [1.165, 1.54) is 0 Å². The monoisotopic (exact) mass is 364 g/mol. The first-order valence-corrected chi connectivity index (χ1v) is 10.4. The molecule has 0 unspecified atom stereocenters. The van der Waals surface area contributed by atoms with E-state index in [0.29, 0.717) is 32.1 Å². The molecular formula is C17H27F3O3Si. The van der Waals surface area contributed by atoms with Crippen LogP contribution in [0.25, 0.3) is 0 Å². The summed E-state index contributed by atoms with van der Waals surface area (Å²) in [6.07, 6.45) is 3.79. The van der Waals surface area contributed by atoms with Gasteiger partial charge in [0.25, 0.3) is 0 Å². The van der Waals surface area contributed by atoms with Crippen LogP contribution in [-0.2, 0) is 19.7 Å². The van der Waals surface area contributed by atoms with Gasteiger partial charge in [0.05, 0.1) is 0 Å². The Balaban J connectivity index is 2.34. The summed E-state index contributed by atoms with van der Waals surface area (Å²) >= 11 is 0. The van der Waals surface area contributed by atoms with Gasteiger partial charge in [0.15, 0.2) is 11.6 Å². The van der Waals surface area contributed by atoms with Crippen molar-refractivity contribution in [3.8, 4) is 0 Å². The molecule has 3 nitrogen and oxygen atoms in total. The lowest BCUT2D eigenvalue weighted by molar-refractivity contribution is 0.0859. The molecule has 0 aliphatic carbocycles. The molecule has 0 fully saturated rings. The zero-order chi connectivity index (χ0) is 18.0. The van der Waals surface area contributed by atoms with Crippen molar-refractivity contribution in [2.45, 2.75) is 52.0 Å². The van der Waals surface area contributed by atoms with Crippen molar-refractivity contribution in [3.63, 3.8) is 0 Å². The topological polar surface area (TPSA) is 27.7 Å². The van der Waals surface area contributed by atoms with Crippen molar-refractivity contribution in [1.82, 2.24) is 0 Å². The van der Waals surface area contributed by atoms with Crippen LogP contribution in [0.15, 0.2) is 12.1 Å². The third kappa shape index (κ3) is 6.55. The summed E-state index contributed by atoms with van der Waals surface area (Å²) in [7, 11) is -0.953. The Kier molecular flexibility index (Phi) is 9.58. The summed E-state index contributed by atoms with van der Waals surface area (Å²) in [4.78, 5) is 0. The Morgan fingerprint density at radius 1 is 0.833 bits per heavy atom. The lowest BCUT2D eigenvalue weighted by Crippen LogP contribution is -2.44. The quantitative estimate of drug-likeness (QED) is 0.301. The largest absolute Gasteiger partial charge is 0.500 e. The van der Waals surface area contributed by atoms with Crippen LogP contribution >= 0.6 is 0 Å². The van der Waals surface area contributed by atoms with Crippen molar-refractivity contribution in [3.05, 3.63) is 35.1 Å². The SMILES string of the molecule is CCO[Si](CCCCCCc1cc(F)c(F)cc1F)(OC)OCC. The van der Waals surface area contributed by atoms with Gasteiger partial charge in [-0.05, 0) is 44.7 Å². The molecule has 1 aromatic rings. The highest BCUT2D eigenvalue weighted by Crippen LogP contribution is 2.21. The summed E-state index contributed by atoms with van der Waals surface area (Å²) in [6.45, 7) is 4.93. The molecule has 24 heavy (non-hydrogen) atoms. The molecule has 0 aliphatic heterocycles. The minimum Gasteiger partial charge on any atom is -0.377 e. The van der Waals surface area contributed by atoms with Crippen molar-refractivity contribution >= 4 is 8.80 Å². The van der Waals surface area contributed by atoms with E-state index in [2.05, 4.69) is 0 Å². The average molecular weight is 364 g/mol. The molecule has 0 amide bonds. The number of unbranched alkanes of at least 4 members (excludes halogenated alkanes) is 3. The molecule has 0 radical (unpaired) electrons. The van der Waals surface area contributed by atoms with E-state index in [1.54, 1.807) is 7.11 Å². The minimum atomic E-state index is -2.57. The van der Waals surface area contributed by atoms with E-state index >= 15 is 0 Å². The predicted octanol–water partition coefficient (Wildman–Crippen LogP) is 4.87. The van der Waals surface area contributed by atoms with Crippen LogP contribution in [0, 0.1) is 17.5 Å². The van der Waals surface area contributed by atoms with Gasteiger partial charge in [-0.1, -0.05) is 12.8 Å². The van der Waals surface area contributed by atoms with Gasteiger partial charge in [-0.25, -0.2) is 13.2 Å². The summed E-state index contributed by atoms with van der Waals surface area (Å²) in [6, 6.07) is 2.29. The first-order chi connectivity index (χ1) is 11.5. The second-order valence-electron chi connectivity index (χ2n) is 5.53. The highest BCUT2D eigenvalue weighted by molar-refractivity contribution is 6.60. The summed E-state index contributed by atoms with van der Waals surface area (Å²) < 4.78 is 56.4. The van der Waals surface area contributed by atoms with Gasteiger partial charge in [0.1, 0.15) is 5.82 Å². The van der Waals surface area contributed by atoms with Gasteiger partial charge in [-0.2, -0.15) is 0 Å². The maximum absolute atomic E-state index is 13.5. The Hall–Kier alpha value is -0.893. The van der Waals surface area contributed by atoms with Crippen LogP contribution < -0.4 is 0 Å². The van der Waals surface area contributed by atoms with Crippen LogP contribution in [0.1, 0.15) is 45.1 Å². The van der Waals surface area contributed by atoms with Gasteiger partial charge in [-0.3, -0.25) is 0 Å². The molecule has 0 heterocycles. The van der Waals surface area contributed by atoms with E-state index in [1.807, 2.05) is 13.8 Å². The molecule has 138 valence electrons. The number of hydrogen-bond donors (Lipinski definition) is 0. The van der Waals surface area contributed by atoms with E-state index in [0.717, 1.165) is 31.4 Å². The summed E-state index contributed by atoms with van der Waals surface area (Å²) in [5.41, 5.74) is 0.221. The van der Waals surface area contributed by atoms with Crippen molar-refractivity contribution < 1.29 is 26.4 Å². The molecule has 0 aromatic heterocycles. The summed E-state index contributed by atoms with van der Waals surface area (Å²) in [5, 5.41) is 0. The van der Waals surface area contributed by atoms with Crippen LogP contribution in [0.5, 0.6) is 0 Å². The Morgan fingerprint density at radius 3 is 2.00 bits per heavy atom. The predicted molar refractivity (Wildman–Crippen MR) is 89.3 cm³/mol. The second kappa shape index (κ2) is 10.9. The van der Waals surface area contributed by atoms with E-state index < -0.39 is 26.3 Å². The van der Waals surface area contributed by atoms with E-state index in [4.69, 9.17) is 13.3 Å². The molecule has 0 atom stereocenters. The zero-order valence-electron chi connectivity index (χ0n) is 14.7. The minimum absolute atomic E-state index is 0.221. The second-order valence-corrected chi connectivity index (χ2v) is 8.38. The first-order valence-electron chi connectivity index (χ1n) is 8.44. The number of rotatable bonds is 12. The van der Waals surface area contributed by atoms with Gasteiger partial charge in [-0.15, -0.1) is 0 Å². The van der Waals surface area contributed by atoms with Crippen LogP contribution in [0.2, 0.25) is 6.04 Å². The smallest absolute Gasteiger partial charge is 0.377 e. The maximum Gasteiger partial charge on any atom is 0.500 e. The highest BCUT2D eigenvalue weighted by Gasteiger charge is 2.38. The van der Waals surface area contributed by atoms with Crippen LogP contribution in [0.4, 0.5) is 13.2 Å². The Bertz CT molecular complexity index is 494. The fourth-order valence-corrected chi connectivity index (χ4v) is 4.99. The fourth-order valence-electron chi connectivity index (χ4n) is 2.61. The highest BCUT2D eigenvalue weighted by atomic mass is 28.4. The third-order valence-electron chi connectivity index (χ3n) is 3.81. The fraction of sp³-hybridized carbons (Fsp3) is 0.647. The number of benzene rings is 1. The molecule has 1 aromatic carbocycles. The normalized spacial score (nSPS) is 11.9. The van der Waals surface area contributed by atoms with Crippen LogP contribution in [-0.4, -0.2) is 29.1 Å². The first kappa shape index (κ1) is 21.2. The molecular weight excluding hydrogens is 337 g/mol. The van der Waals surface area contributed by atoms with E-state index in [9.17, 15) is 13.2 Å². The van der Waals surface area contributed by atoms with Gasteiger partial charge in [0, 0.05) is 32.4 Å².